The highest BCUT2D eigenvalue weighted by atomic mass is 31.2. The number of hydrogen-bond acceptors (Lipinski definition) is 2. The maximum Gasteiger partial charge on any atom is 0.392 e. The van der Waals surface area contributed by atoms with Crippen molar-refractivity contribution in [2.75, 3.05) is 0 Å². The molecule has 3 rings (SSSR count). The van der Waals surface area contributed by atoms with Gasteiger partial charge < -0.3 is 4.52 Å². The van der Waals surface area contributed by atoms with E-state index < -0.39 is 7.52 Å². The Morgan fingerprint density at radius 3 is 2.58 bits per heavy atom. The molecule has 1 atom stereocenters. The second-order valence-corrected chi connectivity index (χ2v) is 6.27. The molecule has 0 aliphatic carbocycles. The molecular weight excluding hydrogens is 257 g/mol. The first-order chi connectivity index (χ1) is 9.24. The van der Waals surface area contributed by atoms with Crippen molar-refractivity contribution < 1.29 is 9.09 Å². The summed E-state index contributed by atoms with van der Waals surface area (Å²) in [6, 6.07) is 15.2. The van der Waals surface area contributed by atoms with Crippen molar-refractivity contribution in [2.45, 2.75) is 13.3 Å². The molecule has 0 saturated carbocycles. The fourth-order valence-corrected chi connectivity index (χ4v) is 4.02. The van der Waals surface area contributed by atoms with Crippen LogP contribution in [0.2, 0.25) is 0 Å². The predicted octanol–water partition coefficient (Wildman–Crippen LogP) is 4.05. The molecule has 0 saturated heterocycles. The van der Waals surface area contributed by atoms with E-state index in [1.165, 1.54) is 0 Å². The molecule has 0 radical (unpaired) electrons. The third kappa shape index (κ3) is 2.00. The lowest BCUT2D eigenvalue weighted by Crippen LogP contribution is -2.16. The highest BCUT2D eigenvalue weighted by Gasteiger charge is 2.35. The summed E-state index contributed by atoms with van der Waals surface area (Å²) < 4.78 is 22.8. The summed E-state index contributed by atoms with van der Waals surface area (Å²) in [5, 5.41) is 0.679. The maximum absolute atomic E-state index is 13.0. The molecule has 1 aliphatic rings. The van der Waals surface area contributed by atoms with Crippen LogP contribution in [0.5, 0.6) is 5.75 Å². The highest BCUT2D eigenvalue weighted by molar-refractivity contribution is 7.66. The molecule has 3 nitrogen and oxygen atoms in total. The van der Waals surface area contributed by atoms with Crippen LogP contribution in [-0.4, -0.2) is 6.21 Å². The summed E-state index contributed by atoms with van der Waals surface area (Å²) in [6.07, 6.45) is 2.39. The van der Waals surface area contributed by atoms with Gasteiger partial charge in [0.15, 0.2) is 0 Å². The summed E-state index contributed by atoms with van der Waals surface area (Å²) in [4.78, 5) is 0. The van der Waals surface area contributed by atoms with E-state index in [0.717, 1.165) is 17.5 Å². The number of nitrogens with zero attached hydrogens (tertiary/aromatic N) is 1. The lowest BCUT2D eigenvalue weighted by Gasteiger charge is -2.25. The maximum atomic E-state index is 13.0. The molecule has 4 heteroatoms. The minimum atomic E-state index is -3.18. The van der Waals surface area contributed by atoms with Gasteiger partial charge in [-0.2, -0.15) is 0 Å². The van der Waals surface area contributed by atoms with E-state index in [9.17, 15) is 4.57 Å². The minimum Gasteiger partial charge on any atom is -0.424 e. The van der Waals surface area contributed by atoms with Gasteiger partial charge in [-0.05, 0) is 18.6 Å². The van der Waals surface area contributed by atoms with Crippen LogP contribution in [0.1, 0.15) is 13.3 Å². The molecule has 0 N–H and O–H groups in total. The molecule has 0 amide bonds. The number of hydrogen-bond donors (Lipinski definition) is 0. The van der Waals surface area contributed by atoms with Crippen LogP contribution < -0.4 is 9.83 Å². The second kappa shape index (κ2) is 4.67. The molecule has 0 spiro atoms. The Balaban J connectivity index is 2.25. The van der Waals surface area contributed by atoms with E-state index >= 15 is 0 Å². The van der Waals surface area contributed by atoms with Crippen LogP contribution in [0, 0.1) is 0 Å². The van der Waals surface area contributed by atoms with Crippen molar-refractivity contribution in [1.29, 1.82) is 0 Å². The van der Waals surface area contributed by atoms with E-state index in [-0.39, 0.29) is 0 Å². The van der Waals surface area contributed by atoms with Gasteiger partial charge >= 0.3 is 7.52 Å². The van der Waals surface area contributed by atoms with Gasteiger partial charge in [0.25, 0.3) is 0 Å². The second-order valence-electron chi connectivity index (χ2n) is 4.33. The van der Waals surface area contributed by atoms with Gasteiger partial charge in [0.2, 0.25) is 0 Å². The van der Waals surface area contributed by atoms with Crippen molar-refractivity contribution in [3.05, 3.63) is 48.5 Å². The predicted molar refractivity (Wildman–Crippen MR) is 78.5 cm³/mol. The Hall–Kier alpha value is -1.86. The highest BCUT2D eigenvalue weighted by Crippen LogP contribution is 2.55. The van der Waals surface area contributed by atoms with E-state index in [1.807, 2.05) is 55.5 Å². The average Bonchev–Trinajstić information content (AvgIpc) is 2.46. The van der Waals surface area contributed by atoms with Crippen LogP contribution in [0.25, 0.3) is 11.1 Å². The normalized spacial score (nSPS) is 20.7. The molecule has 0 aromatic heterocycles. The minimum absolute atomic E-state index is 0.637. The quantitative estimate of drug-likeness (QED) is 0.610. The van der Waals surface area contributed by atoms with Crippen molar-refractivity contribution in [3.63, 3.8) is 0 Å². The smallest absolute Gasteiger partial charge is 0.392 e. The molecule has 19 heavy (non-hydrogen) atoms. The molecule has 2 aromatic carbocycles. The Morgan fingerprint density at radius 1 is 1.11 bits per heavy atom. The fourth-order valence-electron chi connectivity index (χ4n) is 2.17. The van der Waals surface area contributed by atoms with Gasteiger partial charge in [-0.15, -0.1) is 0 Å². The number of fused-ring (bicyclic) bond motifs is 3. The van der Waals surface area contributed by atoms with Crippen molar-refractivity contribution in [3.8, 4) is 16.9 Å². The zero-order valence-corrected chi connectivity index (χ0v) is 11.5. The average molecular weight is 271 g/mol. The van der Waals surface area contributed by atoms with E-state index in [0.29, 0.717) is 11.1 Å². The summed E-state index contributed by atoms with van der Waals surface area (Å²) in [6.45, 7) is 1.96. The standard InChI is InChI=1S/C15H14NO2P/c1-2-11-16-19(17)15-10-6-4-8-13(15)12-7-3-5-9-14(12)18-19/h3-11H,2H2,1H3. The molecule has 2 aromatic rings. The van der Waals surface area contributed by atoms with Crippen molar-refractivity contribution >= 4 is 19.0 Å². The number of rotatable bonds is 2. The zero-order chi connectivity index (χ0) is 13.3. The van der Waals surface area contributed by atoms with Crippen molar-refractivity contribution in [1.82, 2.24) is 0 Å². The van der Waals surface area contributed by atoms with Gasteiger partial charge in [-0.3, -0.25) is 0 Å². The van der Waals surface area contributed by atoms with Gasteiger partial charge in [0.05, 0.1) is 5.30 Å². The van der Waals surface area contributed by atoms with E-state index in [2.05, 4.69) is 4.76 Å². The van der Waals surface area contributed by atoms with Gasteiger partial charge in [0.1, 0.15) is 5.75 Å². The van der Waals surface area contributed by atoms with Crippen LogP contribution in [0.15, 0.2) is 53.3 Å². The Bertz CT molecular complexity index is 694. The summed E-state index contributed by atoms with van der Waals surface area (Å²) >= 11 is 0. The molecule has 1 heterocycles. The first-order valence-corrected chi connectivity index (χ1v) is 7.85. The molecule has 1 unspecified atom stereocenters. The van der Waals surface area contributed by atoms with Gasteiger partial charge in [-0.25, -0.2) is 9.33 Å². The third-order valence-electron chi connectivity index (χ3n) is 3.02. The first-order valence-electron chi connectivity index (χ1n) is 6.27. The Morgan fingerprint density at radius 2 is 1.79 bits per heavy atom. The topological polar surface area (TPSA) is 38.7 Å². The fraction of sp³-hybridized carbons (Fsp3) is 0.133. The lowest BCUT2D eigenvalue weighted by molar-refractivity contribution is 0.493. The Labute approximate surface area is 112 Å². The largest absolute Gasteiger partial charge is 0.424 e. The summed E-state index contributed by atoms with van der Waals surface area (Å²) in [7, 11) is -3.18. The lowest BCUT2D eigenvalue weighted by atomic mass is 10.0. The molecular formula is C15H14NO2P. The Kier molecular flexibility index (Phi) is 3.00. The van der Waals surface area contributed by atoms with Crippen LogP contribution in [0.3, 0.4) is 0 Å². The number of para-hydroxylation sites is 1. The number of benzene rings is 2. The van der Waals surface area contributed by atoms with Crippen LogP contribution in [0.4, 0.5) is 0 Å². The van der Waals surface area contributed by atoms with Crippen molar-refractivity contribution in [2.24, 2.45) is 4.76 Å². The SMILES string of the molecule is CCC=NP1(=O)Oc2ccccc2-c2ccccc21. The summed E-state index contributed by atoms with van der Waals surface area (Å²) in [5.41, 5.74) is 1.91. The molecule has 96 valence electrons. The van der Waals surface area contributed by atoms with E-state index in [1.54, 1.807) is 6.21 Å². The van der Waals surface area contributed by atoms with Gasteiger partial charge in [0, 0.05) is 17.3 Å². The summed E-state index contributed by atoms with van der Waals surface area (Å²) in [5.74, 6) is 0.637. The van der Waals surface area contributed by atoms with Crippen LogP contribution >= 0.6 is 7.52 Å². The third-order valence-corrected chi connectivity index (χ3v) is 4.93. The first kappa shape index (κ1) is 12.2. The molecule has 0 fully saturated rings. The van der Waals surface area contributed by atoms with E-state index in [4.69, 9.17) is 4.52 Å². The molecule has 1 aliphatic heterocycles. The zero-order valence-electron chi connectivity index (χ0n) is 10.6. The monoisotopic (exact) mass is 271 g/mol. The molecule has 0 bridgehead atoms. The van der Waals surface area contributed by atoms with Crippen LogP contribution in [-0.2, 0) is 4.57 Å². The van der Waals surface area contributed by atoms with Gasteiger partial charge in [-0.1, -0.05) is 43.3 Å².